The van der Waals surface area contributed by atoms with Gasteiger partial charge in [-0.3, -0.25) is 0 Å². The number of hydrazine groups is 1. The molecule has 6 nitrogen and oxygen atoms in total. The first-order valence-electron chi connectivity index (χ1n) is 5.77. The molecule has 1 heterocycles. The van der Waals surface area contributed by atoms with Gasteiger partial charge in [0.25, 0.3) is 10.0 Å². The highest BCUT2D eigenvalue weighted by molar-refractivity contribution is 7.89. The van der Waals surface area contributed by atoms with Crippen LogP contribution in [-0.2, 0) is 21.4 Å². The summed E-state index contributed by atoms with van der Waals surface area (Å²) in [6, 6.07) is 3.52. The van der Waals surface area contributed by atoms with Crippen LogP contribution in [0.4, 0.5) is 4.39 Å². The SMILES string of the molecule is O=S(=O)(NN1CCOCC1)c1ccc(CO)cc1F. The van der Waals surface area contributed by atoms with Crippen molar-refractivity contribution >= 4 is 10.0 Å². The molecule has 1 aliphatic rings. The number of aliphatic hydroxyl groups excluding tert-OH is 1. The van der Waals surface area contributed by atoms with Gasteiger partial charge in [0, 0.05) is 13.1 Å². The van der Waals surface area contributed by atoms with Gasteiger partial charge < -0.3 is 9.84 Å². The average molecular weight is 290 g/mol. The smallest absolute Gasteiger partial charge is 0.256 e. The van der Waals surface area contributed by atoms with E-state index in [1.54, 1.807) is 0 Å². The number of nitrogens with one attached hydrogen (secondary N) is 1. The van der Waals surface area contributed by atoms with E-state index in [1.807, 2.05) is 0 Å². The summed E-state index contributed by atoms with van der Waals surface area (Å²) in [4.78, 5) is 1.88. The standard InChI is InChI=1S/C11H15FN2O4S/c12-10-7-9(8-15)1-2-11(10)19(16,17)13-14-3-5-18-6-4-14/h1-2,7,13,15H,3-6,8H2. The number of ether oxygens (including phenoxy) is 1. The molecule has 0 bridgehead atoms. The monoisotopic (exact) mass is 290 g/mol. The zero-order valence-corrected chi connectivity index (χ0v) is 11.0. The van der Waals surface area contributed by atoms with Crippen LogP contribution in [-0.4, -0.2) is 44.8 Å². The normalized spacial score (nSPS) is 17.6. The van der Waals surface area contributed by atoms with Gasteiger partial charge in [0.15, 0.2) is 0 Å². The molecule has 1 fully saturated rings. The summed E-state index contributed by atoms with van der Waals surface area (Å²) in [7, 11) is -3.95. The fraction of sp³-hybridized carbons (Fsp3) is 0.455. The molecular formula is C11H15FN2O4S. The van der Waals surface area contributed by atoms with E-state index >= 15 is 0 Å². The Bertz CT molecular complexity index is 544. The lowest BCUT2D eigenvalue weighted by atomic mass is 10.2. The summed E-state index contributed by atoms with van der Waals surface area (Å²) in [5.74, 6) is -0.882. The molecule has 0 saturated carbocycles. The molecule has 1 saturated heterocycles. The maximum Gasteiger partial charge on any atom is 0.256 e. The predicted molar refractivity (Wildman–Crippen MR) is 65.0 cm³/mol. The van der Waals surface area contributed by atoms with E-state index in [0.29, 0.717) is 31.9 Å². The molecule has 0 radical (unpaired) electrons. The van der Waals surface area contributed by atoms with Crippen LogP contribution in [0.15, 0.2) is 23.1 Å². The Morgan fingerprint density at radius 2 is 2.05 bits per heavy atom. The first-order chi connectivity index (χ1) is 9.03. The van der Waals surface area contributed by atoms with Gasteiger partial charge in [-0.1, -0.05) is 6.07 Å². The lowest BCUT2D eigenvalue weighted by molar-refractivity contribution is 0.0272. The fourth-order valence-corrected chi connectivity index (χ4v) is 2.92. The van der Waals surface area contributed by atoms with Gasteiger partial charge in [0.2, 0.25) is 0 Å². The third-order valence-corrected chi connectivity index (χ3v) is 4.14. The van der Waals surface area contributed by atoms with Gasteiger partial charge in [0.05, 0.1) is 19.8 Å². The maximum atomic E-state index is 13.7. The lowest BCUT2D eigenvalue weighted by Gasteiger charge is -2.26. The van der Waals surface area contributed by atoms with Crippen LogP contribution >= 0.6 is 0 Å². The molecule has 1 aromatic rings. The molecule has 1 aliphatic heterocycles. The summed E-state index contributed by atoms with van der Waals surface area (Å²) in [6.07, 6.45) is 0. The summed E-state index contributed by atoms with van der Waals surface area (Å²) in [5, 5.41) is 10.3. The number of hydrogen-bond acceptors (Lipinski definition) is 5. The van der Waals surface area contributed by atoms with Crippen molar-refractivity contribution in [3.05, 3.63) is 29.6 Å². The van der Waals surface area contributed by atoms with Crippen LogP contribution < -0.4 is 4.83 Å². The zero-order chi connectivity index (χ0) is 13.9. The van der Waals surface area contributed by atoms with E-state index in [2.05, 4.69) is 4.83 Å². The second kappa shape index (κ2) is 5.93. The minimum Gasteiger partial charge on any atom is -0.392 e. The molecule has 2 N–H and O–H groups in total. The van der Waals surface area contributed by atoms with Crippen LogP contribution in [0.3, 0.4) is 0 Å². The fourth-order valence-electron chi connectivity index (χ4n) is 1.73. The Hall–Kier alpha value is -1.06. The van der Waals surface area contributed by atoms with E-state index in [1.165, 1.54) is 11.1 Å². The van der Waals surface area contributed by atoms with Gasteiger partial charge in [-0.15, -0.1) is 4.83 Å². The molecule has 0 amide bonds. The van der Waals surface area contributed by atoms with Crippen molar-refractivity contribution in [2.75, 3.05) is 26.3 Å². The highest BCUT2D eigenvalue weighted by Gasteiger charge is 2.23. The van der Waals surface area contributed by atoms with Crippen molar-refractivity contribution in [2.45, 2.75) is 11.5 Å². The van der Waals surface area contributed by atoms with E-state index in [0.717, 1.165) is 12.1 Å². The number of sulfonamides is 1. The van der Waals surface area contributed by atoms with E-state index in [9.17, 15) is 12.8 Å². The van der Waals surface area contributed by atoms with Gasteiger partial charge in [0.1, 0.15) is 10.7 Å². The van der Waals surface area contributed by atoms with Crippen molar-refractivity contribution in [3.8, 4) is 0 Å². The molecule has 1 aromatic carbocycles. The second-order valence-corrected chi connectivity index (χ2v) is 5.75. The summed E-state index contributed by atoms with van der Waals surface area (Å²) in [6.45, 7) is 1.34. The van der Waals surface area contributed by atoms with Gasteiger partial charge in [-0.25, -0.2) is 17.8 Å². The quantitative estimate of drug-likeness (QED) is 0.806. The zero-order valence-electron chi connectivity index (χ0n) is 10.2. The van der Waals surface area contributed by atoms with Gasteiger partial charge in [-0.05, 0) is 17.7 Å². The third kappa shape index (κ3) is 3.48. The molecule has 2 rings (SSSR count). The van der Waals surface area contributed by atoms with Crippen LogP contribution in [0.25, 0.3) is 0 Å². The third-order valence-electron chi connectivity index (χ3n) is 2.73. The van der Waals surface area contributed by atoms with Crippen LogP contribution in [0.5, 0.6) is 0 Å². The Morgan fingerprint density at radius 1 is 1.37 bits per heavy atom. The topological polar surface area (TPSA) is 78.9 Å². The molecule has 106 valence electrons. The summed E-state index contributed by atoms with van der Waals surface area (Å²) in [5.41, 5.74) is 0.322. The van der Waals surface area contributed by atoms with Crippen molar-refractivity contribution in [2.24, 2.45) is 0 Å². The molecule has 0 spiro atoms. The lowest BCUT2D eigenvalue weighted by Crippen LogP contribution is -2.48. The molecular weight excluding hydrogens is 275 g/mol. The number of halogens is 1. The predicted octanol–water partition coefficient (Wildman–Crippen LogP) is -0.156. The number of hydrogen-bond donors (Lipinski definition) is 2. The molecule has 0 aliphatic carbocycles. The molecule has 0 unspecified atom stereocenters. The highest BCUT2D eigenvalue weighted by atomic mass is 32.2. The maximum absolute atomic E-state index is 13.7. The van der Waals surface area contributed by atoms with Crippen molar-refractivity contribution in [3.63, 3.8) is 0 Å². The van der Waals surface area contributed by atoms with E-state index in [4.69, 9.17) is 9.84 Å². The molecule has 19 heavy (non-hydrogen) atoms. The Kier molecular flexibility index (Phi) is 4.48. The minimum absolute atomic E-state index is 0.322. The largest absolute Gasteiger partial charge is 0.392 e. The highest BCUT2D eigenvalue weighted by Crippen LogP contribution is 2.16. The van der Waals surface area contributed by atoms with Crippen molar-refractivity contribution in [1.29, 1.82) is 0 Å². The molecule has 0 aromatic heterocycles. The summed E-state index contributed by atoms with van der Waals surface area (Å²) < 4.78 is 42.9. The minimum atomic E-state index is -3.95. The first-order valence-corrected chi connectivity index (χ1v) is 7.25. The molecule has 0 atom stereocenters. The first kappa shape index (κ1) is 14.4. The van der Waals surface area contributed by atoms with Crippen LogP contribution in [0.2, 0.25) is 0 Å². The number of rotatable bonds is 4. The van der Waals surface area contributed by atoms with Crippen molar-refractivity contribution in [1.82, 2.24) is 9.84 Å². The number of aliphatic hydroxyl groups is 1. The Morgan fingerprint density at radius 3 is 2.63 bits per heavy atom. The van der Waals surface area contributed by atoms with Gasteiger partial charge >= 0.3 is 0 Å². The van der Waals surface area contributed by atoms with Crippen LogP contribution in [0.1, 0.15) is 5.56 Å². The van der Waals surface area contributed by atoms with Crippen molar-refractivity contribution < 1.29 is 22.7 Å². The number of morpholine rings is 1. The molecule has 8 heteroatoms. The average Bonchev–Trinajstić information content (AvgIpc) is 2.38. The Labute approximate surface area is 110 Å². The van der Waals surface area contributed by atoms with Crippen LogP contribution in [0, 0.1) is 5.82 Å². The van der Waals surface area contributed by atoms with E-state index in [-0.39, 0.29) is 6.61 Å². The number of nitrogens with zero attached hydrogens (tertiary/aromatic N) is 1. The van der Waals surface area contributed by atoms with Gasteiger partial charge in [-0.2, -0.15) is 0 Å². The van der Waals surface area contributed by atoms with E-state index < -0.39 is 20.7 Å². The number of benzene rings is 1. The summed E-state index contributed by atoms with van der Waals surface area (Å²) >= 11 is 0. The second-order valence-electron chi connectivity index (χ2n) is 4.12. The Balaban J connectivity index is 2.18.